The Kier molecular flexibility index (Phi) is 7.15. The zero-order chi connectivity index (χ0) is 26.8. The van der Waals surface area contributed by atoms with E-state index >= 15 is 0 Å². The van der Waals surface area contributed by atoms with E-state index in [9.17, 15) is 14.7 Å². The summed E-state index contributed by atoms with van der Waals surface area (Å²) in [4.78, 5) is 33.1. The van der Waals surface area contributed by atoms with Crippen molar-refractivity contribution in [3.63, 3.8) is 0 Å². The normalized spacial score (nSPS) is 16.8. The van der Waals surface area contributed by atoms with Crippen LogP contribution in [0.25, 0.3) is 16.0 Å². The molecule has 0 saturated carbocycles. The Balaban J connectivity index is 1.67. The number of nitrogens with zero attached hydrogens (tertiary/aromatic N) is 2. The molecule has 4 aromatic rings. The van der Waals surface area contributed by atoms with Gasteiger partial charge >= 0.3 is 5.91 Å². The smallest absolute Gasteiger partial charge is 0.301 e. The number of amides is 1. The first-order valence-corrected chi connectivity index (χ1v) is 13.3. The van der Waals surface area contributed by atoms with Gasteiger partial charge in [-0.25, -0.2) is 4.98 Å². The van der Waals surface area contributed by atoms with Crippen molar-refractivity contribution in [2.45, 2.75) is 32.7 Å². The number of hydrogen-bond donors (Lipinski definition) is 1. The standard InChI is InChI=1S/C30H28N2O5S/c1-4-5-15-37-22-8-6-7-20(17-22)26-25(27(33)19-10-12-21(36-3)13-11-19)28(34)29(35)32(26)30-31-23-14-9-18(2)16-24(23)38-30/h6-14,16-17,26,33H,4-5,15H2,1-3H3. The number of aryl methyl sites for hydroxylation is 1. The summed E-state index contributed by atoms with van der Waals surface area (Å²) in [7, 11) is 1.55. The average molecular weight is 529 g/mol. The number of aliphatic hydroxyl groups excluding tert-OH is 1. The molecule has 38 heavy (non-hydrogen) atoms. The summed E-state index contributed by atoms with van der Waals surface area (Å²) in [5.74, 6) is -0.520. The van der Waals surface area contributed by atoms with Crippen LogP contribution in [0.5, 0.6) is 11.5 Å². The molecule has 8 heteroatoms. The van der Waals surface area contributed by atoms with Crippen LogP contribution in [0.1, 0.15) is 42.5 Å². The van der Waals surface area contributed by atoms with Gasteiger partial charge in [-0.2, -0.15) is 0 Å². The molecule has 1 saturated heterocycles. The number of anilines is 1. The molecule has 1 N–H and O–H groups in total. The highest BCUT2D eigenvalue weighted by Crippen LogP contribution is 2.45. The van der Waals surface area contributed by atoms with Gasteiger partial charge in [0.15, 0.2) is 5.13 Å². The number of aliphatic hydroxyl groups is 1. The molecule has 194 valence electrons. The lowest BCUT2D eigenvalue weighted by Gasteiger charge is -2.23. The number of aromatic nitrogens is 1. The molecule has 0 spiro atoms. The van der Waals surface area contributed by atoms with E-state index in [1.807, 2.05) is 49.4 Å². The lowest BCUT2D eigenvalue weighted by Crippen LogP contribution is -2.29. The minimum Gasteiger partial charge on any atom is -0.507 e. The molecular formula is C30H28N2O5S. The predicted octanol–water partition coefficient (Wildman–Crippen LogP) is 6.42. The van der Waals surface area contributed by atoms with Gasteiger partial charge < -0.3 is 14.6 Å². The van der Waals surface area contributed by atoms with Crippen molar-refractivity contribution in [3.8, 4) is 11.5 Å². The van der Waals surface area contributed by atoms with Gasteiger partial charge in [-0.3, -0.25) is 14.5 Å². The number of hydrogen-bond acceptors (Lipinski definition) is 7. The van der Waals surface area contributed by atoms with Crippen LogP contribution >= 0.6 is 11.3 Å². The van der Waals surface area contributed by atoms with Gasteiger partial charge in [0.1, 0.15) is 17.3 Å². The molecule has 2 heterocycles. The maximum atomic E-state index is 13.5. The maximum absolute atomic E-state index is 13.5. The number of carbonyl (C=O) groups excluding carboxylic acids is 2. The number of fused-ring (bicyclic) bond motifs is 1. The van der Waals surface area contributed by atoms with Crippen LogP contribution in [-0.2, 0) is 9.59 Å². The molecule has 1 aromatic heterocycles. The average Bonchev–Trinajstić information content (AvgIpc) is 3.46. The fourth-order valence-electron chi connectivity index (χ4n) is 4.48. The Morgan fingerprint density at radius 1 is 1.05 bits per heavy atom. The van der Waals surface area contributed by atoms with E-state index in [-0.39, 0.29) is 11.3 Å². The number of benzene rings is 3. The fourth-order valence-corrected chi connectivity index (χ4v) is 5.57. The van der Waals surface area contributed by atoms with Crippen LogP contribution in [0.3, 0.4) is 0 Å². The summed E-state index contributed by atoms with van der Waals surface area (Å²) in [5.41, 5.74) is 2.86. The van der Waals surface area contributed by atoms with Gasteiger partial charge in [-0.1, -0.05) is 42.9 Å². The highest BCUT2D eigenvalue weighted by molar-refractivity contribution is 7.22. The third kappa shape index (κ3) is 4.75. The summed E-state index contributed by atoms with van der Waals surface area (Å²) in [5, 5.41) is 11.8. The number of methoxy groups -OCH3 is 1. The molecule has 1 atom stereocenters. The number of carbonyl (C=O) groups is 2. The first kappa shape index (κ1) is 25.5. The predicted molar refractivity (Wildman–Crippen MR) is 149 cm³/mol. The minimum absolute atomic E-state index is 0.00121. The van der Waals surface area contributed by atoms with E-state index in [0.717, 1.165) is 28.6 Å². The topological polar surface area (TPSA) is 89.0 Å². The molecule has 0 radical (unpaired) electrons. The molecule has 1 fully saturated rings. The monoisotopic (exact) mass is 528 g/mol. The van der Waals surface area contributed by atoms with Gasteiger partial charge in [0, 0.05) is 5.56 Å². The third-order valence-electron chi connectivity index (χ3n) is 6.49. The number of ketones is 1. The van der Waals surface area contributed by atoms with Crippen molar-refractivity contribution in [1.29, 1.82) is 0 Å². The van der Waals surface area contributed by atoms with Crippen molar-refractivity contribution in [1.82, 2.24) is 4.98 Å². The van der Waals surface area contributed by atoms with Crippen molar-refractivity contribution in [3.05, 3.63) is 89.0 Å². The van der Waals surface area contributed by atoms with Crippen LogP contribution in [0.2, 0.25) is 0 Å². The molecule has 1 aliphatic heterocycles. The van der Waals surface area contributed by atoms with Gasteiger partial charge in [0.25, 0.3) is 5.78 Å². The molecule has 5 rings (SSSR count). The fraction of sp³-hybridized carbons (Fsp3) is 0.233. The van der Waals surface area contributed by atoms with Crippen LogP contribution in [-0.4, -0.2) is 35.5 Å². The molecule has 0 aliphatic carbocycles. The second-order valence-electron chi connectivity index (χ2n) is 9.14. The van der Waals surface area contributed by atoms with Crippen molar-refractivity contribution < 1.29 is 24.2 Å². The van der Waals surface area contributed by atoms with Crippen molar-refractivity contribution in [2.24, 2.45) is 0 Å². The number of thiazole rings is 1. The Labute approximate surface area is 225 Å². The van der Waals surface area contributed by atoms with Crippen molar-refractivity contribution in [2.75, 3.05) is 18.6 Å². The van der Waals surface area contributed by atoms with E-state index in [1.165, 1.54) is 16.2 Å². The zero-order valence-corrected chi connectivity index (χ0v) is 22.2. The molecule has 3 aromatic carbocycles. The lowest BCUT2D eigenvalue weighted by atomic mass is 9.95. The zero-order valence-electron chi connectivity index (χ0n) is 21.4. The Morgan fingerprint density at radius 3 is 2.58 bits per heavy atom. The van der Waals surface area contributed by atoms with Crippen LogP contribution in [0.4, 0.5) is 5.13 Å². The molecular weight excluding hydrogens is 500 g/mol. The highest BCUT2D eigenvalue weighted by Gasteiger charge is 2.48. The Morgan fingerprint density at radius 2 is 1.84 bits per heavy atom. The minimum atomic E-state index is -0.881. The van der Waals surface area contributed by atoms with E-state index in [4.69, 9.17) is 9.47 Å². The Bertz CT molecular complexity index is 1540. The van der Waals surface area contributed by atoms with Gasteiger partial charge in [0.05, 0.1) is 35.5 Å². The number of Topliss-reactive ketones (excluding diaryl/α,β-unsaturated/α-hetero) is 1. The summed E-state index contributed by atoms with van der Waals surface area (Å²) in [6, 6.07) is 19.0. The molecule has 1 amide bonds. The van der Waals surface area contributed by atoms with Crippen LogP contribution in [0.15, 0.2) is 72.3 Å². The second-order valence-corrected chi connectivity index (χ2v) is 10.1. The maximum Gasteiger partial charge on any atom is 0.301 e. The first-order chi connectivity index (χ1) is 18.4. The van der Waals surface area contributed by atoms with Gasteiger partial charge in [-0.05, 0) is 73.0 Å². The van der Waals surface area contributed by atoms with Gasteiger partial charge in [0.2, 0.25) is 0 Å². The molecule has 1 aliphatic rings. The second kappa shape index (κ2) is 10.7. The largest absolute Gasteiger partial charge is 0.507 e. The van der Waals surface area contributed by atoms with Gasteiger partial charge in [-0.15, -0.1) is 0 Å². The molecule has 0 bridgehead atoms. The van der Waals surface area contributed by atoms with Crippen molar-refractivity contribution >= 4 is 44.1 Å². The van der Waals surface area contributed by atoms with E-state index in [1.54, 1.807) is 31.4 Å². The lowest BCUT2D eigenvalue weighted by molar-refractivity contribution is -0.132. The van der Waals surface area contributed by atoms with E-state index < -0.39 is 17.7 Å². The van der Waals surface area contributed by atoms with E-state index in [0.29, 0.717) is 34.4 Å². The van der Waals surface area contributed by atoms with E-state index in [2.05, 4.69) is 11.9 Å². The summed E-state index contributed by atoms with van der Waals surface area (Å²) in [6.07, 6.45) is 1.91. The number of unbranched alkanes of at least 4 members (excludes halogenated alkanes) is 1. The molecule has 7 nitrogen and oxygen atoms in total. The highest BCUT2D eigenvalue weighted by atomic mass is 32.1. The Hall–Kier alpha value is -4.17. The van der Waals surface area contributed by atoms with Crippen LogP contribution < -0.4 is 14.4 Å². The summed E-state index contributed by atoms with van der Waals surface area (Å²) >= 11 is 1.34. The number of rotatable bonds is 8. The quantitative estimate of drug-likeness (QED) is 0.123. The third-order valence-corrected chi connectivity index (χ3v) is 7.50. The first-order valence-electron chi connectivity index (χ1n) is 12.5. The molecule has 1 unspecified atom stereocenters. The summed E-state index contributed by atoms with van der Waals surface area (Å²) in [6.45, 7) is 4.64. The summed E-state index contributed by atoms with van der Waals surface area (Å²) < 4.78 is 12.0. The SMILES string of the molecule is CCCCOc1cccc(C2C(=C(O)c3ccc(OC)cc3)C(=O)C(=O)N2c2nc3ccc(C)cc3s2)c1. The number of ether oxygens (including phenoxy) is 2. The van der Waals surface area contributed by atoms with Crippen LogP contribution in [0, 0.1) is 6.92 Å².